The molecule has 1 aliphatic rings. The fraction of sp³-hybridized carbons (Fsp3) is 0.714. The van der Waals surface area contributed by atoms with Crippen molar-refractivity contribution in [2.75, 3.05) is 13.1 Å². The molecule has 0 aromatic carbocycles. The molecular weight excluding hydrogens is 212 g/mol. The van der Waals surface area contributed by atoms with E-state index in [4.69, 9.17) is 11.7 Å². The first-order valence-electron chi connectivity index (χ1n) is 6.12. The zero-order valence-electron chi connectivity index (χ0n) is 10.7. The molecule has 1 fully saturated rings. The number of nitrogens with zero attached hydrogens (tertiary/aromatic N) is 2. The molecule has 1 rings (SSSR count). The molecule has 0 aromatic rings. The molecule has 17 heavy (non-hydrogen) atoms. The SMILES string of the molecule is C#CCN(CC#N)C(=O)C1CCCCC1(C)C. The average Bonchev–Trinajstić information content (AvgIpc) is 2.27. The molecule has 0 N–H and O–H groups in total. The summed E-state index contributed by atoms with van der Waals surface area (Å²) in [6, 6.07) is 2.01. The van der Waals surface area contributed by atoms with Gasteiger partial charge in [0.1, 0.15) is 6.54 Å². The van der Waals surface area contributed by atoms with Crippen LogP contribution in [-0.2, 0) is 4.79 Å². The van der Waals surface area contributed by atoms with E-state index in [1.54, 1.807) is 0 Å². The number of amides is 1. The topological polar surface area (TPSA) is 44.1 Å². The van der Waals surface area contributed by atoms with Crippen molar-refractivity contribution >= 4 is 5.91 Å². The molecule has 0 spiro atoms. The number of carbonyl (C=O) groups is 1. The summed E-state index contributed by atoms with van der Waals surface area (Å²) in [6.07, 6.45) is 9.50. The van der Waals surface area contributed by atoms with Gasteiger partial charge < -0.3 is 4.90 Å². The fourth-order valence-corrected chi connectivity index (χ4v) is 2.58. The quantitative estimate of drug-likeness (QED) is 0.553. The smallest absolute Gasteiger partial charge is 0.227 e. The number of terminal acetylenes is 1. The lowest BCUT2D eigenvalue weighted by molar-refractivity contribution is -0.139. The van der Waals surface area contributed by atoms with Gasteiger partial charge in [0.05, 0.1) is 12.6 Å². The van der Waals surface area contributed by atoms with Crippen molar-refractivity contribution in [2.45, 2.75) is 39.5 Å². The van der Waals surface area contributed by atoms with Crippen molar-refractivity contribution < 1.29 is 4.79 Å². The monoisotopic (exact) mass is 232 g/mol. The normalized spacial score (nSPS) is 22.2. The molecule has 0 aliphatic heterocycles. The standard InChI is InChI=1S/C14H20N2O/c1-4-10-16(11-9-15)13(17)12-7-5-6-8-14(12,2)3/h1,12H,5-8,10-11H2,2-3H3. The predicted octanol–water partition coefficient (Wildman–Crippen LogP) is 2.19. The molecule has 92 valence electrons. The Hall–Kier alpha value is -1.48. The third kappa shape index (κ3) is 3.24. The molecule has 3 nitrogen and oxygen atoms in total. The van der Waals surface area contributed by atoms with E-state index < -0.39 is 0 Å². The maximum absolute atomic E-state index is 12.4. The minimum absolute atomic E-state index is 0.0120. The lowest BCUT2D eigenvalue weighted by Gasteiger charge is -2.39. The number of rotatable bonds is 3. The summed E-state index contributed by atoms with van der Waals surface area (Å²) >= 11 is 0. The summed E-state index contributed by atoms with van der Waals surface area (Å²) in [7, 11) is 0. The largest absolute Gasteiger partial charge is 0.318 e. The molecule has 0 aromatic heterocycles. The Morgan fingerprint density at radius 1 is 1.47 bits per heavy atom. The summed E-state index contributed by atoms with van der Waals surface area (Å²) in [5.74, 6) is 2.52. The number of nitriles is 1. The van der Waals surface area contributed by atoms with Crippen molar-refractivity contribution in [1.82, 2.24) is 4.90 Å². The Morgan fingerprint density at radius 3 is 2.71 bits per heavy atom. The van der Waals surface area contributed by atoms with E-state index >= 15 is 0 Å². The van der Waals surface area contributed by atoms with Crippen LogP contribution in [0.25, 0.3) is 0 Å². The van der Waals surface area contributed by atoms with E-state index in [0.717, 1.165) is 19.3 Å². The second kappa shape index (κ2) is 5.73. The van der Waals surface area contributed by atoms with E-state index in [0.29, 0.717) is 0 Å². The van der Waals surface area contributed by atoms with E-state index in [1.807, 2.05) is 6.07 Å². The van der Waals surface area contributed by atoms with Gasteiger partial charge in [-0.05, 0) is 18.3 Å². The molecule has 0 saturated heterocycles. The Morgan fingerprint density at radius 2 is 2.18 bits per heavy atom. The molecule has 0 radical (unpaired) electrons. The highest BCUT2D eigenvalue weighted by Crippen LogP contribution is 2.41. The third-order valence-electron chi connectivity index (χ3n) is 3.66. The third-order valence-corrected chi connectivity index (χ3v) is 3.66. The highest BCUT2D eigenvalue weighted by atomic mass is 16.2. The first-order chi connectivity index (χ1) is 8.03. The lowest BCUT2D eigenvalue weighted by atomic mass is 9.68. The van der Waals surface area contributed by atoms with Crippen LogP contribution in [0.4, 0.5) is 0 Å². The summed E-state index contributed by atoms with van der Waals surface area (Å²) in [6.45, 7) is 4.60. The lowest BCUT2D eigenvalue weighted by Crippen LogP contribution is -2.44. The van der Waals surface area contributed by atoms with Crippen LogP contribution in [-0.4, -0.2) is 23.9 Å². The highest BCUT2D eigenvalue weighted by molar-refractivity contribution is 5.80. The zero-order chi connectivity index (χ0) is 12.9. The molecule has 0 bridgehead atoms. The van der Waals surface area contributed by atoms with Crippen LogP contribution in [0.1, 0.15) is 39.5 Å². The minimum Gasteiger partial charge on any atom is -0.318 e. The van der Waals surface area contributed by atoms with Crippen molar-refractivity contribution in [3.8, 4) is 18.4 Å². The van der Waals surface area contributed by atoms with Gasteiger partial charge in [0.25, 0.3) is 0 Å². The molecular formula is C14H20N2O. The first-order valence-corrected chi connectivity index (χ1v) is 6.12. The Kier molecular flexibility index (Phi) is 4.58. The fourth-order valence-electron chi connectivity index (χ4n) is 2.58. The summed E-state index contributed by atoms with van der Waals surface area (Å²) in [4.78, 5) is 13.9. The van der Waals surface area contributed by atoms with Gasteiger partial charge in [-0.1, -0.05) is 32.6 Å². The van der Waals surface area contributed by atoms with Gasteiger partial charge in [0, 0.05) is 5.92 Å². The molecule has 1 amide bonds. The number of hydrogen-bond acceptors (Lipinski definition) is 2. The number of carbonyl (C=O) groups excluding carboxylic acids is 1. The Labute approximate surface area is 104 Å². The van der Waals surface area contributed by atoms with Gasteiger partial charge in [-0.2, -0.15) is 5.26 Å². The maximum Gasteiger partial charge on any atom is 0.227 e. The van der Waals surface area contributed by atoms with Gasteiger partial charge in [-0.25, -0.2) is 0 Å². The second-order valence-corrected chi connectivity index (χ2v) is 5.34. The van der Waals surface area contributed by atoms with Crippen LogP contribution < -0.4 is 0 Å². The summed E-state index contributed by atoms with van der Waals surface area (Å²) in [5.41, 5.74) is 0.0254. The van der Waals surface area contributed by atoms with Gasteiger partial charge in [0.15, 0.2) is 0 Å². The van der Waals surface area contributed by atoms with Crippen LogP contribution in [0.3, 0.4) is 0 Å². The zero-order valence-corrected chi connectivity index (χ0v) is 10.7. The number of hydrogen-bond donors (Lipinski definition) is 0. The molecule has 0 heterocycles. The van der Waals surface area contributed by atoms with Gasteiger partial charge in [0.2, 0.25) is 5.91 Å². The molecule has 3 heteroatoms. The van der Waals surface area contributed by atoms with Crippen molar-refractivity contribution in [3.63, 3.8) is 0 Å². The Bertz CT molecular complexity index is 343. The van der Waals surface area contributed by atoms with E-state index in [9.17, 15) is 4.79 Å². The van der Waals surface area contributed by atoms with Crippen LogP contribution in [0.2, 0.25) is 0 Å². The minimum atomic E-state index is 0.0120. The average molecular weight is 232 g/mol. The highest BCUT2D eigenvalue weighted by Gasteiger charge is 2.38. The predicted molar refractivity (Wildman–Crippen MR) is 66.8 cm³/mol. The molecule has 1 unspecified atom stereocenters. The maximum atomic E-state index is 12.4. The van der Waals surface area contributed by atoms with Crippen LogP contribution in [0.15, 0.2) is 0 Å². The van der Waals surface area contributed by atoms with E-state index in [2.05, 4.69) is 19.8 Å². The van der Waals surface area contributed by atoms with Crippen LogP contribution >= 0.6 is 0 Å². The molecule has 1 saturated carbocycles. The van der Waals surface area contributed by atoms with Gasteiger partial charge in [-0.3, -0.25) is 4.79 Å². The Balaban J connectivity index is 2.79. The van der Waals surface area contributed by atoms with Gasteiger partial charge in [-0.15, -0.1) is 6.42 Å². The van der Waals surface area contributed by atoms with E-state index in [-0.39, 0.29) is 30.3 Å². The van der Waals surface area contributed by atoms with Gasteiger partial charge >= 0.3 is 0 Å². The van der Waals surface area contributed by atoms with Crippen molar-refractivity contribution in [1.29, 1.82) is 5.26 Å². The second-order valence-electron chi connectivity index (χ2n) is 5.34. The van der Waals surface area contributed by atoms with Crippen molar-refractivity contribution in [2.24, 2.45) is 11.3 Å². The van der Waals surface area contributed by atoms with Crippen LogP contribution in [0, 0.1) is 35.0 Å². The van der Waals surface area contributed by atoms with Crippen LogP contribution in [0.5, 0.6) is 0 Å². The first kappa shape index (κ1) is 13.6. The molecule has 1 atom stereocenters. The van der Waals surface area contributed by atoms with E-state index in [1.165, 1.54) is 11.3 Å². The summed E-state index contributed by atoms with van der Waals surface area (Å²) < 4.78 is 0. The summed E-state index contributed by atoms with van der Waals surface area (Å²) in [5, 5.41) is 8.73. The molecule has 1 aliphatic carbocycles. The van der Waals surface area contributed by atoms with Crippen molar-refractivity contribution in [3.05, 3.63) is 0 Å².